The standard InChI is InChI=1S/C16H31NO2S/c1-5-19-15(18)16(3,17-4)10-7-11-20-14-9-6-8-13(2)12-14/h13-14,17H,5-12H2,1-4H3. The number of rotatable bonds is 8. The Morgan fingerprint density at radius 3 is 2.80 bits per heavy atom. The van der Waals surface area contributed by atoms with Crippen LogP contribution in [0.25, 0.3) is 0 Å². The maximum Gasteiger partial charge on any atom is 0.326 e. The normalized spacial score (nSPS) is 26.0. The van der Waals surface area contributed by atoms with Gasteiger partial charge in [0.05, 0.1) is 6.61 Å². The first kappa shape index (κ1) is 17.8. The lowest BCUT2D eigenvalue weighted by atomic mass is 9.91. The highest BCUT2D eigenvalue weighted by atomic mass is 32.2. The number of carbonyl (C=O) groups excluding carboxylic acids is 1. The van der Waals surface area contributed by atoms with E-state index in [2.05, 4.69) is 24.0 Å². The van der Waals surface area contributed by atoms with Crippen molar-refractivity contribution in [3.8, 4) is 0 Å². The van der Waals surface area contributed by atoms with E-state index in [-0.39, 0.29) is 5.97 Å². The predicted molar refractivity (Wildman–Crippen MR) is 87.2 cm³/mol. The molecule has 0 bridgehead atoms. The molecule has 3 unspecified atom stereocenters. The van der Waals surface area contributed by atoms with Gasteiger partial charge < -0.3 is 10.1 Å². The molecule has 0 saturated heterocycles. The van der Waals surface area contributed by atoms with Crippen molar-refractivity contribution in [1.29, 1.82) is 0 Å². The van der Waals surface area contributed by atoms with Gasteiger partial charge in [-0.15, -0.1) is 0 Å². The van der Waals surface area contributed by atoms with Crippen molar-refractivity contribution in [2.45, 2.75) is 70.1 Å². The Balaban J connectivity index is 2.25. The second kappa shape index (κ2) is 8.93. The van der Waals surface area contributed by atoms with Gasteiger partial charge in [0, 0.05) is 5.25 Å². The lowest BCUT2D eigenvalue weighted by Gasteiger charge is -2.28. The molecule has 0 amide bonds. The second-order valence-corrected chi connectivity index (χ2v) is 7.58. The van der Waals surface area contributed by atoms with Crippen molar-refractivity contribution in [3.63, 3.8) is 0 Å². The van der Waals surface area contributed by atoms with Crippen LogP contribution < -0.4 is 5.32 Å². The summed E-state index contributed by atoms with van der Waals surface area (Å²) in [5.41, 5.74) is -0.531. The second-order valence-electron chi connectivity index (χ2n) is 6.17. The van der Waals surface area contributed by atoms with Crippen LogP contribution in [0.15, 0.2) is 0 Å². The van der Waals surface area contributed by atoms with E-state index in [0.29, 0.717) is 6.61 Å². The first-order chi connectivity index (χ1) is 9.51. The molecule has 0 heterocycles. The molecule has 0 radical (unpaired) electrons. The fraction of sp³-hybridized carbons (Fsp3) is 0.938. The van der Waals surface area contributed by atoms with Crippen LogP contribution in [0.2, 0.25) is 0 Å². The summed E-state index contributed by atoms with van der Waals surface area (Å²) in [7, 11) is 1.84. The molecule has 3 nitrogen and oxygen atoms in total. The van der Waals surface area contributed by atoms with Gasteiger partial charge in [0.2, 0.25) is 0 Å². The number of ether oxygens (including phenoxy) is 1. The van der Waals surface area contributed by atoms with Gasteiger partial charge >= 0.3 is 5.97 Å². The summed E-state index contributed by atoms with van der Waals surface area (Å²) in [6.45, 7) is 6.61. The SMILES string of the molecule is CCOC(=O)C(C)(CCCSC1CCCC(C)C1)NC. The van der Waals surface area contributed by atoms with Crippen molar-refractivity contribution in [2.24, 2.45) is 5.92 Å². The third-order valence-electron chi connectivity index (χ3n) is 4.34. The Morgan fingerprint density at radius 1 is 1.45 bits per heavy atom. The molecular weight excluding hydrogens is 270 g/mol. The van der Waals surface area contributed by atoms with E-state index in [9.17, 15) is 4.79 Å². The summed E-state index contributed by atoms with van der Waals surface area (Å²) in [5.74, 6) is 1.91. The summed E-state index contributed by atoms with van der Waals surface area (Å²) in [4.78, 5) is 11.9. The fourth-order valence-electron chi connectivity index (χ4n) is 2.83. The van der Waals surface area contributed by atoms with Crippen LogP contribution in [0.5, 0.6) is 0 Å². The molecule has 1 rings (SSSR count). The van der Waals surface area contributed by atoms with Crippen molar-refractivity contribution >= 4 is 17.7 Å². The third-order valence-corrected chi connectivity index (χ3v) is 5.76. The summed E-state index contributed by atoms with van der Waals surface area (Å²) in [6, 6.07) is 0. The first-order valence-corrected chi connectivity index (χ1v) is 9.04. The smallest absolute Gasteiger partial charge is 0.326 e. The van der Waals surface area contributed by atoms with E-state index in [0.717, 1.165) is 29.8 Å². The average Bonchev–Trinajstić information content (AvgIpc) is 2.43. The van der Waals surface area contributed by atoms with Crippen molar-refractivity contribution in [1.82, 2.24) is 5.32 Å². The highest BCUT2D eigenvalue weighted by Gasteiger charge is 2.32. The van der Waals surface area contributed by atoms with Gasteiger partial charge in [-0.3, -0.25) is 4.79 Å². The van der Waals surface area contributed by atoms with E-state index in [1.807, 2.05) is 20.9 Å². The van der Waals surface area contributed by atoms with Crippen LogP contribution in [0.4, 0.5) is 0 Å². The van der Waals surface area contributed by atoms with Gasteiger partial charge in [-0.25, -0.2) is 0 Å². The van der Waals surface area contributed by atoms with Gasteiger partial charge in [0.1, 0.15) is 5.54 Å². The van der Waals surface area contributed by atoms with Crippen LogP contribution in [0.1, 0.15) is 59.3 Å². The lowest BCUT2D eigenvalue weighted by molar-refractivity contribution is -0.150. The lowest BCUT2D eigenvalue weighted by Crippen LogP contribution is -2.48. The zero-order valence-electron chi connectivity index (χ0n) is 13.5. The number of nitrogens with one attached hydrogen (secondary N) is 1. The maximum absolute atomic E-state index is 11.9. The van der Waals surface area contributed by atoms with Crippen LogP contribution in [-0.2, 0) is 9.53 Å². The van der Waals surface area contributed by atoms with E-state index in [1.165, 1.54) is 25.7 Å². The fourth-order valence-corrected chi connectivity index (χ4v) is 4.27. The summed E-state index contributed by atoms with van der Waals surface area (Å²) in [6.07, 6.45) is 7.43. The zero-order chi connectivity index (χ0) is 15.0. The van der Waals surface area contributed by atoms with Crippen molar-refractivity contribution in [2.75, 3.05) is 19.4 Å². The van der Waals surface area contributed by atoms with E-state index in [4.69, 9.17) is 4.74 Å². The maximum atomic E-state index is 11.9. The quantitative estimate of drug-likeness (QED) is 0.549. The van der Waals surface area contributed by atoms with Gasteiger partial charge in [-0.2, -0.15) is 11.8 Å². The molecule has 118 valence electrons. The van der Waals surface area contributed by atoms with Gasteiger partial charge in [-0.1, -0.05) is 19.8 Å². The molecule has 0 aromatic rings. The minimum absolute atomic E-state index is 0.126. The topological polar surface area (TPSA) is 38.3 Å². The molecule has 0 spiro atoms. The van der Waals surface area contributed by atoms with E-state index in [1.54, 1.807) is 0 Å². The first-order valence-electron chi connectivity index (χ1n) is 7.99. The number of hydrogen-bond donors (Lipinski definition) is 1. The third kappa shape index (κ3) is 5.65. The molecule has 0 aromatic heterocycles. The molecule has 20 heavy (non-hydrogen) atoms. The van der Waals surface area contributed by atoms with Gasteiger partial charge in [0.15, 0.2) is 0 Å². The Kier molecular flexibility index (Phi) is 7.96. The van der Waals surface area contributed by atoms with Crippen LogP contribution in [-0.4, -0.2) is 36.2 Å². The van der Waals surface area contributed by atoms with Gasteiger partial charge in [-0.05, 0) is 58.2 Å². The number of thioether (sulfide) groups is 1. The average molecular weight is 301 g/mol. The molecule has 1 saturated carbocycles. The van der Waals surface area contributed by atoms with Crippen LogP contribution in [0.3, 0.4) is 0 Å². The molecular formula is C16H31NO2S. The largest absolute Gasteiger partial charge is 0.465 e. The Bertz CT molecular complexity index is 298. The predicted octanol–water partition coefficient (Wildman–Crippen LogP) is 3.62. The monoisotopic (exact) mass is 301 g/mol. The molecule has 3 atom stereocenters. The molecule has 4 heteroatoms. The molecule has 1 aliphatic rings. The van der Waals surface area contributed by atoms with Gasteiger partial charge in [0.25, 0.3) is 0 Å². The number of likely N-dealkylation sites (N-methyl/N-ethyl adjacent to an activating group) is 1. The molecule has 0 aromatic carbocycles. The Hall–Kier alpha value is -0.220. The van der Waals surface area contributed by atoms with Crippen molar-refractivity contribution in [3.05, 3.63) is 0 Å². The summed E-state index contributed by atoms with van der Waals surface area (Å²) >= 11 is 2.10. The van der Waals surface area contributed by atoms with Crippen LogP contribution >= 0.6 is 11.8 Å². The Morgan fingerprint density at radius 2 is 2.20 bits per heavy atom. The molecule has 1 N–H and O–H groups in total. The number of esters is 1. The minimum atomic E-state index is -0.531. The number of carbonyl (C=O) groups is 1. The highest BCUT2D eigenvalue weighted by Crippen LogP contribution is 2.32. The van der Waals surface area contributed by atoms with E-state index < -0.39 is 5.54 Å². The molecule has 0 aliphatic heterocycles. The number of hydrogen-bond acceptors (Lipinski definition) is 4. The minimum Gasteiger partial charge on any atom is -0.465 e. The zero-order valence-corrected chi connectivity index (χ0v) is 14.4. The van der Waals surface area contributed by atoms with E-state index >= 15 is 0 Å². The molecule has 1 fully saturated rings. The summed E-state index contributed by atoms with van der Waals surface area (Å²) in [5, 5.41) is 3.96. The molecule has 1 aliphatic carbocycles. The van der Waals surface area contributed by atoms with Crippen molar-refractivity contribution < 1.29 is 9.53 Å². The summed E-state index contributed by atoms with van der Waals surface area (Å²) < 4.78 is 5.15. The Labute approximate surface area is 128 Å². The highest BCUT2D eigenvalue weighted by molar-refractivity contribution is 7.99. The van der Waals surface area contributed by atoms with Crippen LogP contribution in [0, 0.1) is 5.92 Å².